The maximum atomic E-state index is 5.95. The van der Waals surface area contributed by atoms with Crippen LogP contribution < -0.4 is 5.32 Å². The SMILES string of the molecule is Cc1noc(C)c1C(C)Nc1nnc(Cl)c(C)c1C. The molecule has 0 spiro atoms. The summed E-state index contributed by atoms with van der Waals surface area (Å²) in [5.41, 5.74) is 3.87. The van der Waals surface area contributed by atoms with E-state index in [1.165, 1.54) is 0 Å². The van der Waals surface area contributed by atoms with Gasteiger partial charge in [0, 0.05) is 5.56 Å². The van der Waals surface area contributed by atoms with Crippen LogP contribution in [-0.2, 0) is 0 Å². The summed E-state index contributed by atoms with van der Waals surface area (Å²) in [6.45, 7) is 9.77. The fraction of sp³-hybridized carbons (Fsp3) is 0.462. The monoisotopic (exact) mass is 280 g/mol. The van der Waals surface area contributed by atoms with E-state index in [0.29, 0.717) is 5.15 Å². The maximum absolute atomic E-state index is 5.95. The van der Waals surface area contributed by atoms with Crippen LogP contribution in [0.3, 0.4) is 0 Å². The standard InChI is InChI=1S/C13H17ClN4O/c1-6-7(2)13(17-16-12(6)14)15-8(3)11-9(4)18-19-10(11)5/h8H,1-5H3,(H,15,17). The Morgan fingerprint density at radius 2 is 1.79 bits per heavy atom. The van der Waals surface area contributed by atoms with Gasteiger partial charge in [-0.1, -0.05) is 16.8 Å². The van der Waals surface area contributed by atoms with Crippen LogP contribution in [-0.4, -0.2) is 15.4 Å². The molecule has 0 saturated carbocycles. The van der Waals surface area contributed by atoms with Crippen molar-refractivity contribution in [2.75, 3.05) is 5.32 Å². The zero-order valence-electron chi connectivity index (χ0n) is 11.7. The van der Waals surface area contributed by atoms with Crippen molar-refractivity contribution < 1.29 is 4.52 Å². The van der Waals surface area contributed by atoms with Crippen LogP contribution in [0.25, 0.3) is 0 Å². The smallest absolute Gasteiger partial charge is 0.155 e. The lowest BCUT2D eigenvalue weighted by Gasteiger charge is -2.16. The predicted octanol–water partition coefficient (Wildman–Crippen LogP) is 3.52. The second-order valence-corrected chi connectivity index (χ2v) is 5.05. The van der Waals surface area contributed by atoms with E-state index in [0.717, 1.165) is 34.0 Å². The molecule has 2 aromatic heterocycles. The number of aromatic nitrogens is 3. The molecule has 0 aliphatic carbocycles. The number of aryl methyl sites for hydroxylation is 2. The second kappa shape index (κ2) is 5.17. The van der Waals surface area contributed by atoms with Crippen LogP contribution in [0.15, 0.2) is 4.52 Å². The molecule has 0 aliphatic rings. The Labute approximate surface area is 117 Å². The molecule has 6 heteroatoms. The highest BCUT2D eigenvalue weighted by molar-refractivity contribution is 6.30. The molecule has 2 heterocycles. The molecule has 2 rings (SSSR count). The van der Waals surface area contributed by atoms with Gasteiger partial charge in [-0.15, -0.1) is 10.2 Å². The first-order chi connectivity index (χ1) is 8.91. The molecule has 0 fully saturated rings. The van der Waals surface area contributed by atoms with E-state index in [1.54, 1.807) is 0 Å². The van der Waals surface area contributed by atoms with Gasteiger partial charge < -0.3 is 9.84 Å². The van der Waals surface area contributed by atoms with E-state index < -0.39 is 0 Å². The lowest BCUT2D eigenvalue weighted by atomic mass is 10.1. The van der Waals surface area contributed by atoms with E-state index in [9.17, 15) is 0 Å². The molecule has 1 N–H and O–H groups in total. The zero-order chi connectivity index (χ0) is 14.2. The van der Waals surface area contributed by atoms with Gasteiger partial charge >= 0.3 is 0 Å². The van der Waals surface area contributed by atoms with Crippen LogP contribution in [0.1, 0.15) is 41.1 Å². The van der Waals surface area contributed by atoms with Crippen LogP contribution >= 0.6 is 11.6 Å². The first-order valence-corrected chi connectivity index (χ1v) is 6.48. The quantitative estimate of drug-likeness (QED) is 0.932. The van der Waals surface area contributed by atoms with Crippen molar-refractivity contribution in [3.63, 3.8) is 0 Å². The lowest BCUT2D eigenvalue weighted by Crippen LogP contribution is -2.12. The van der Waals surface area contributed by atoms with Gasteiger partial charge in [0.15, 0.2) is 11.0 Å². The molecule has 0 saturated heterocycles. The predicted molar refractivity (Wildman–Crippen MR) is 74.5 cm³/mol. The van der Waals surface area contributed by atoms with E-state index in [-0.39, 0.29) is 6.04 Å². The number of hydrogen-bond donors (Lipinski definition) is 1. The molecule has 19 heavy (non-hydrogen) atoms. The molecule has 0 bridgehead atoms. The minimum absolute atomic E-state index is 0.0415. The molecule has 2 aromatic rings. The molecule has 1 atom stereocenters. The molecule has 1 unspecified atom stereocenters. The molecular formula is C13H17ClN4O. The van der Waals surface area contributed by atoms with Crippen molar-refractivity contribution in [1.82, 2.24) is 15.4 Å². The third-order valence-electron chi connectivity index (χ3n) is 3.34. The van der Waals surface area contributed by atoms with E-state index in [2.05, 4.69) is 20.7 Å². The Bertz CT molecular complexity index is 589. The molecule has 5 nitrogen and oxygen atoms in total. The Morgan fingerprint density at radius 1 is 1.11 bits per heavy atom. The fourth-order valence-electron chi connectivity index (χ4n) is 2.10. The van der Waals surface area contributed by atoms with E-state index >= 15 is 0 Å². The van der Waals surface area contributed by atoms with Crippen molar-refractivity contribution in [2.24, 2.45) is 0 Å². The average molecular weight is 281 g/mol. The summed E-state index contributed by atoms with van der Waals surface area (Å²) in [6, 6.07) is 0.0415. The summed E-state index contributed by atoms with van der Waals surface area (Å²) in [6.07, 6.45) is 0. The highest BCUT2D eigenvalue weighted by Gasteiger charge is 2.18. The maximum Gasteiger partial charge on any atom is 0.155 e. The molecule has 0 amide bonds. The van der Waals surface area contributed by atoms with Gasteiger partial charge in [-0.2, -0.15) is 0 Å². The summed E-state index contributed by atoms with van der Waals surface area (Å²) >= 11 is 5.95. The molecular weight excluding hydrogens is 264 g/mol. The summed E-state index contributed by atoms with van der Waals surface area (Å²) in [4.78, 5) is 0. The van der Waals surface area contributed by atoms with Crippen molar-refractivity contribution in [2.45, 2.75) is 40.7 Å². The van der Waals surface area contributed by atoms with Gasteiger partial charge in [-0.05, 0) is 45.7 Å². The third kappa shape index (κ3) is 2.56. The van der Waals surface area contributed by atoms with Gasteiger partial charge in [-0.25, -0.2) is 0 Å². The topological polar surface area (TPSA) is 63.8 Å². The van der Waals surface area contributed by atoms with Gasteiger partial charge in [0.05, 0.1) is 11.7 Å². The van der Waals surface area contributed by atoms with Crippen LogP contribution in [0.5, 0.6) is 0 Å². The normalized spacial score (nSPS) is 12.5. The number of nitrogens with zero attached hydrogens (tertiary/aromatic N) is 3. The van der Waals surface area contributed by atoms with Gasteiger partial charge in [0.25, 0.3) is 0 Å². The Kier molecular flexibility index (Phi) is 3.75. The Hall–Kier alpha value is -1.62. The van der Waals surface area contributed by atoms with Crippen molar-refractivity contribution in [3.05, 3.63) is 33.3 Å². The second-order valence-electron chi connectivity index (χ2n) is 4.69. The highest BCUT2D eigenvalue weighted by atomic mass is 35.5. The summed E-state index contributed by atoms with van der Waals surface area (Å²) in [5.74, 6) is 1.54. The summed E-state index contributed by atoms with van der Waals surface area (Å²) in [5, 5.41) is 15.8. The lowest BCUT2D eigenvalue weighted by molar-refractivity contribution is 0.392. The molecule has 0 aromatic carbocycles. The number of rotatable bonds is 3. The zero-order valence-corrected chi connectivity index (χ0v) is 12.5. The number of anilines is 1. The van der Waals surface area contributed by atoms with Crippen LogP contribution in [0.4, 0.5) is 5.82 Å². The van der Waals surface area contributed by atoms with E-state index in [1.807, 2.05) is 34.6 Å². The number of hydrogen-bond acceptors (Lipinski definition) is 5. The first-order valence-electron chi connectivity index (χ1n) is 6.10. The number of nitrogens with one attached hydrogen (secondary N) is 1. The minimum atomic E-state index is 0.0415. The Morgan fingerprint density at radius 3 is 2.37 bits per heavy atom. The summed E-state index contributed by atoms with van der Waals surface area (Å²) < 4.78 is 5.18. The van der Waals surface area contributed by atoms with Crippen LogP contribution in [0, 0.1) is 27.7 Å². The minimum Gasteiger partial charge on any atom is -0.362 e. The summed E-state index contributed by atoms with van der Waals surface area (Å²) in [7, 11) is 0. The van der Waals surface area contributed by atoms with Crippen molar-refractivity contribution in [3.8, 4) is 0 Å². The molecule has 102 valence electrons. The number of halogens is 1. The van der Waals surface area contributed by atoms with Crippen LogP contribution in [0.2, 0.25) is 5.15 Å². The largest absolute Gasteiger partial charge is 0.362 e. The van der Waals surface area contributed by atoms with Crippen molar-refractivity contribution >= 4 is 17.4 Å². The molecule has 0 aliphatic heterocycles. The van der Waals surface area contributed by atoms with Gasteiger partial charge in [0.2, 0.25) is 0 Å². The average Bonchev–Trinajstić information content (AvgIpc) is 2.70. The third-order valence-corrected chi connectivity index (χ3v) is 3.70. The van der Waals surface area contributed by atoms with Crippen molar-refractivity contribution in [1.29, 1.82) is 0 Å². The highest BCUT2D eigenvalue weighted by Crippen LogP contribution is 2.27. The van der Waals surface area contributed by atoms with Gasteiger partial charge in [0.1, 0.15) is 5.76 Å². The first kappa shape index (κ1) is 13.8. The Balaban J connectivity index is 2.30. The fourth-order valence-corrected chi connectivity index (χ4v) is 2.28. The van der Waals surface area contributed by atoms with E-state index in [4.69, 9.17) is 16.1 Å². The van der Waals surface area contributed by atoms with Gasteiger partial charge in [-0.3, -0.25) is 0 Å². The molecule has 0 radical (unpaired) electrons.